The second kappa shape index (κ2) is 8.87. The summed E-state index contributed by atoms with van der Waals surface area (Å²) in [6.07, 6.45) is 2.31. The number of aromatic nitrogens is 1. The Morgan fingerprint density at radius 1 is 0.933 bits per heavy atom. The molecule has 3 aromatic carbocycles. The second-order valence-corrected chi connectivity index (χ2v) is 7.31. The third-order valence-corrected chi connectivity index (χ3v) is 5.45. The zero-order valence-corrected chi connectivity index (χ0v) is 17.4. The molecule has 0 saturated carbocycles. The van der Waals surface area contributed by atoms with Crippen LogP contribution in [0.15, 0.2) is 85.1 Å². The number of para-hydroxylation sites is 1. The number of methoxy groups -OCH3 is 1. The predicted octanol–water partition coefficient (Wildman–Crippen LogP) is 5.37. The molecule has 152 valence electrons. The molecule has 0 amide bonds. The number of fused-ring (bicyclic) bond motifs is 1. The fraction of sp³-hybridized carbons (Fsp3) is 0.192. The predicted molar refractivity (Wildman–Crippen MR) is 122 cm³/mol. The lowest BCUT2D eigenvalue weighted by atomic mass is 10.1. The minimum Gasteiger partial charge on any atom is -0.469 e. The van der Waals surface area contributed by atoms with E-state index in [9.17, 15) is 4.79 Å². The first-order chi connectivity index (χ1) is 14.7. The number of carbonyl (C=O) groups is 1. The Labute approximate surface area is 177 Å². The van der Waals surface area contributed by atoms with Gasteiger partial charge in [-0.05, 0) is 48.4 Å². The van der Waals surface area contributed by atoms with Gasteiger partial charge in [0.2, 0.25) is 0 Å². The van der Waals surface area contributed by atoms with Crippen LogP contribution in [0.4, 0.5) is 5.69 Å². The Morgan fingerprint density at radius 2 is 1.63 bits per heavy atom. The maximum Gasteiger partial charge on any atom is 0.310 e. The number of hydrogen-bond donors (Lipinski definition) is 0. The second-order valence-electron chi connectivity index (χ2n) is 7.31. The van der Waals surface area contributed by atoms with Gasteiger partial charge in [0.05, 0.1) is 19.0 Å². The Balaban J connectivity index is 1.64. The van der Waals surface area contributed by atoms with Crippen molar-refractivity contribution < 1.29 is 9.53 Å². The molecule has 4 nitrogen and oxygen atoms in total. The zero-order chi connectivity index (χ0) is 20.9. The molecule has 4 heteroatoms. The topological polar surface area (TPSA) is 34.5 Å². The molecule has 0 unspecified atom stereocenters. The summed E-state index contributed by atoms with van der Waals surface area (Å²) in [6.45, 7) is 3.99. The third-order valence-electron chi connectivity index (χ3n) is 5.45. The summed E-state index contributed by atoms with van der Waals surface area (Å²) in [4.78, 5) is 14.2. The van der Waals surface area contributed by atoms with E-state index in [1.165, 1.54) is 18.4 Å². The van der Waals surface area contributed by atoms with Crippen molar-refractivity contribution in [2.24, 2.45) is 0 Å². The van der Waals surface area contributed by atoms with Crippen molar-refractivity contribution in [2.75, 3.05) is 18.6 Å². The van der Waals surface area contributed by atoms with Gasteiger partial charge in [-0.1, -0.05) is 48.5 Å². The Hall–Kier alpha value is -3.53. The quantitative estimate of drug-likeness (QED) is 0.392. The van der Waals surface area contributed by atoms with Crippen molar-refractivity contribution in [3.63, 3.8) is 0 Å². The summed E-state index contributed by atoms with van der Waals surface area (Å²) in [7, 11) is 1.43. The average molecular weight is 399 g/mol. The molecular formula is C26H26N2O2. The van der Waals surface area contributed by atoms with Gasteiger partial charge in [-0.3, -0.25) is 4.79 Å². The first kappa shape index (κ1) is 19.8. The highest BCUT2D eigenvalue weighted by Crippen LogP contribution is 2.27. The molecule has 0 N–H and O–H groups in total. The highest BCUT2D eigenvalue weighted by molar-refractivity contribution is 5.89. The molecule has 0 bridgehead atoms. The number of ether oxygens (including phenoxy) is 1. The minimum atomic E-state index is -0.229. The van der Waals surface area contributed by atoms with E-state index in [0.29, 0.717) is 0 Å². The molecule has 0 saturated heterocycles. The number of carbonyl (C=O) groups excluding carboxylic acids is 1. The lowest BCUT2D eigenvalue weighted by Crippen LogP contribution is -2.21. The highest BCUT2D eigenvalue weighted by Gasteiger charge is 2.13. The molecule has 1 heterocycles. The first-order valence-electron chi connectivity index (χ1n) is 10.2. The van der Waals surface area contributed by atoms with E-state index >= 15 is 0 Å². The molecule has 0 atom stereocenters. The van der Waals surface area contributed by atoms with Crippen molar-refractivity contribution in [2.45, 2.75) is 19.9 Å². The Morgan fingerprint density at radius 3 is 2.33 bits per heavy atom. The number of nitrogens with zero attached hydrogens (tertiary/aromatic N) is 2. The molecule has 0 spiro atoms. The van der Waals surface area contributed by atoms with E-state index in [4.69, 9.17) is 4.74 Å². The SMILES string of the molecule is CCN(Cc1ccccc1)c1ccc(-n2cc(CC(=O)OC)c3ccccc32)cc1. The summed E-state index contributed by atoms with van der Waals surface area (Å²) >= 11 is 0. The monoisotopic (exact) mass is 398 g/mol. The highest BCUT2D eigenvalue weighted by atomic mass is 16.5. The van der Waals surface area contributed by atoms with Gasteiger partial charge in [-0.2, -0.15) is 0 Å². The fourth-order valence-electron chi connectivity index (χ4n) is 3.85. The van der Waals surface area contributed by atoms with Crippen LogP contribution in [0.1, 0.15) is 18.1 Å². The number of benzene rings is 3. The third kappa shape index (κ3) is 4.08. The van der Waals surface area contributed by atoms with E-state index in [0.717, 1.165) is 35.2 Å². The Kier molecular flexibility index (Phi) is 5.84. The van der Waals surface area contributed by atoms with Crippen molar-refractivity contribution in [3.05, 3.63) is 96.2 Å². The molecule has 0 radical (unpaired) electrons. The normalized spacial score (nSPS) is 10.9. The maximum absolute atomic E-state index is 11.8. The van der Waals surface area contributed by atoms with Crippen LogP contribution in [-0.2, 0) is 22.5 Å². The van der Waals surface area contributed by atoms with Gasteiger partial charge >= 0.3 is 5.97 Å². The molecular weight excluding hydrogens is 372 g/mol. The molecule has 0 aliphatic rings. The molecule has 1 aromatic heterocycles. The fourth-order valence-corrected chi connectivity index (χ4v) is 3.85. The minimum absolute atomic E-state index is 0.229. The molecule has 4 rings (SSSR count). The lowest BCUT2D eigenvalue weighted by molar-refractivity contribution is -0.139. The van der Waals surface area contributed by atoms with E-state index in [1.807, 2.05) is 24.4 Å². The van der Waals surface area contributed by atoms with Crippen LogP contribution in [-0.4, -0.2) is 24.2 Å². The van der Waals surface area contributed by atoms with Crippen LogP contribution in [0.2, 0.25) is 0 Å². The molecule has 0 aliphatic carbocycles. The van der Waals surface area contributed by atoms with Gasteiger partial charge < -0.3 is 14.2 Å². The van der Waals surface area contributed by atoms with E-state index in [-0.39, 0.29) is 12.4 Å². The van der Waals surface area contributed by atoms with Crippen LogP contribution < -0.4 is 4.90 Å². The van der Waals surface area contributed by atoms with Gasteiger partial charge in [-0.15, -0.1) is 0 Å². The molecule has 0 fully saturated rings. The van der Waals surface area contributed by atoms with Crippen molar-refractivity contribution in [1.29, 1.82) is 0 Å². The zero-order valence-electron chi connectivity index (χ0n) is 17.4. The van der Waals surface area contributed by atoms with Gasteiger partial charge in [0, 0.05) is 36.0 Å². The van der Waals surface area contributed by atoms with Crippen LogP contribution in [0.3, 0.4) is 0 Å². The van der Waals surface area contributed by atoms with Crippen LogP contribution in [0.5, 0.6) is 0 Å². The summed E-state index contributed by atoms with van der Waals surface area (Å²) in [5.41, 5.74) is 5.62. The number of rotatable bonds is 7. The standard InChI is InChI=1S/C26H26N2O2/c1-3-27(18-20-9-5-4-6-10-20)22-13-15-23(16-14-22)28-19-21(17-26(29)30-2)24-11-7-8-12-25(24)28/h4-16,19H,3,17-18H2,1-2H3. The number of anilines is 1. The number of esters is 1. The van der Waals surface area contributed by atoms with E-state index < -0.39 is 0 Å². The lowest BCUT2D eigenvalue weighted by Gasteiger charge is -2.23. The van der Waals surface area contributed by atoms with E-state index in [1.54, 1.807) is 0 Å². The first-order valence-corrected chi connectivity index (χ1v) is 10.2. The van der Waals surface area contributed by atoms with Crippen LogP contribution in [0.25, 0.3) is 16.6 Å². The smallest absolute Gasteiger partial charge is 0.310 e. The van der Waals surface area contributed by atoms with Gasteiger partial charge in [-0.25, -0.2) is 0 Å². The van der Waals surface area contributed by atoms with E-state index in [2.05, 4.69) is 77.1 Å². The number of hydrogen-bond acceptors (Lipinski definition) is 3. The molecule has 0 aliphatic heterocycles. The van der Waals surface area contributed by atoms with Gasteiger partial charge in [0.15, 0.2) is 0 Å². The van der Waals surface area contributed by atoms with Gasteiger partial charge in [0.1, 0.15) is 0 Å². The van der Waals surface area contributed by atoms with Crippen molar-refractivity contribution in [3.8, 4) is 5.69 Å². The summed E-state index contributed by atoms with van der Waals surface area (Å²) in [6, 6.07) is 27.3. The summed E-state index contributed by atoms with van der Waals surface area (Å²) in [5, 5.41) is 1.08. The van der Waals surface area contributed by atoms with Crippen LogP contribution >= 0.6 is 0 Å². The van der Waals surface area contributed by atoms with Crippen molar-refractivity contribution >= 4 is 22.6 Å². The average Bonchev–Trinajstić information content (AvgIpc) is 3.16. The largest absolute Gasteiger partial charge is 0.469 e. The van der Waals surface area contributed by atoms with Gasteiger partial charge in [0.25, 0.3) is 0 Å². The maximum atomic E-state index is 11.8. The summed E-state index contributed by atoms with van der Waals surface area (Å²) in [5.74, 6) is -0.229. The molecule has 4 aromatic rings. The van der Waals surface area contributed by atoms with Crippen LogP contribution in [0, 0.1) is 0 Å². The summed E-state index contributed by atoms with van der Waals surface area (Å²) < 4.78 is 7.01. The molecule has 30 heavy (non-hydrogen) atoms. The Bertz CT molecular complexity index is 1130. The van der Waals surface area contributed by atoms with Crippen molar-refractivity contribution in [1.82, 2.24) is 4.57 Å².